The number of hydrogen-bond donors (Lipinski definition) is 2. The number of halogens is 2. The van der Waals surface area contributed by atoms with Crippen LogP contribution >= 0.6 is 23.2 Å². The maximum atomic E-state index is 11.9. The van der Waals surface area contributed by atoms with Gasteiger partial charge < -0.3 is 16.0 Å². The van der Waals surface area contributed by atoms with Gasteiger partial charge in [-0.25, -0.2) is 0 Å². The molecule has 1 amide bonds. The zero-order valence-electron chi connectivity index (χ0n) is 11.8. The van der Waals surface area contributed by atoms with E-state index in [0.717, 1.165) is 6.54 Å². The van der Waals surface area contributed by atoms with Gasteiger partial charge in [-0.1, -0.05) is 30.1 Å². The van der Waals surface area contributed by atoms with E-state index in [4.69, 9.17) is 34.2 Å². The van der Waals surface area contributed by atoms with Gasteiger partial charge in [-0.2, -0.15) is 5.26 Å². The van der Waals surface area contributed by atoms with Crippen LogP contribution in [0.15, 0.2) is 12.1 Å². The van der Waals surface area contributed by atoms with E-state index in [9.17, 15) is 4.79 Å². The smallest absolute Gasteiger partial charge is 0.225 e. The van der Waals surface area contributed by atoms with Gasteiger partial charge in [0.1, 0.15) is 0 Å². The lowest BCUT2D eigenvalue weighted by atomic mass is 10.2. The molecule has 1 aromatic rings. The van der Waals surface area contributed by atoms with Crippen LogP contribution in [0.3, 0.4) is 0 Å². The summed E-state index contributed by atoms with van der Waals surface area (Å²) in [5.41, 5.74) is 6.50. The number of nitrogen functional groups attached to an aromatic ring is 1. The minimum absolute atomic E-state index is 0.179. The molecule has 0 aliphatic rings. The number of carbonyl (C=O) groups is 1. The van der Waals surface area contributed by atoms with E-state index >= 15 is 0 Å². The molecule has 1 rings (SSSR count). The summed E-state index contributed by atoms with van der Waals surface area (Å²) in [7, 11) is 0. The van der Waals surface area contributed by atoms with Gasteiger partial charge >= 0.3 is 0 Å². The van der Waals surface area contributed by atoms with E-state index < -0.39 is 0 Å². The Labute approximate surface area is 134 Å². The Morgan fingerprint density at radius 3 is 2.71 bits per heavy atom. The molecule has 0 saturated heterocycles. The van der Waals surface area contributed by atoms with Gasteiger partial charge in [-0.15, -0.1) is 0 Å². The van der Waals surface area contributed by atoms with Crippen LogP contribution in [0.25, 0.3) is 0 Å². The van der Waals surface area contributed by atoms with E-state index in [-0.39, 0.29) is 5.91 Å². The summed E-state index contributed by atoms with van der Waals surface area (Å²) >= 11 is 11.8. The van der Waals surface area contributed by atoms with Crippen molar-refractivity contribution in [2.24, 2.45) is 0 Å². The third kappa shape index (κ3) is 5.80. The molecule has 21 heavy (non-hydrogen) atoms. The van der Waals surface area contributed by atoms with E-state index in [2.05, 4.69) is 11.4 Å². The summed E-state index contributed by atoms with van der Waals surface area (Å²) in [5, 5.41) is 12.0. The van der Waals surface area contributed by atoms with Crippen LogP contribution in [-0.2, 0) is 4.79 Å². The second kappa shape index (κ2) is 8.73. The third-order valence-electron chi connectivity index (χ3n) is 2.99. The molecule has 114 valence electrons. The van der Waals surface area contributed by atoms with Crippen molar-refractivity contribution in [3.05, 3.63) is 22.2 Å². The molecule has 0 radical (unpaired) electrons. The number of nitrogens with zero attached hydrogens (tertiary/aromatic N) is 2. The summed E-state index contributed by atoms with van der Waals surface area (Å²) in [4.78, 5) is 14.0. The van der Waals surface area contributed by atoms with E-state index in [1.54, 1.807) is 0 Å². The van der Waals surface area contributed by atoms with Crippen LogP contribution < -0.4 is 11.1 Å². The molecule has 0 heterocycles. The Kier molecular flexibility index (Phi) is 7.30. The molecule has 0 aliphatic heterocycles. The van der Waals surface area contributed by atoms with Gasteiger partial charge in [0, 0.05) is 31.0 Å². The zero-order valence-corrected chi connectivity index (χ0v) is 13.3. The molecule has 7 heteroatoms. The molecule has 0 saturated carbocycles. The molecule has 0 fully saturated rings. The fourth-order valence-electron chi connectivity index (χ4n) is 1.82. The summed E-state index contributed by atoms with van der Waals surface area (Å²) < 4.78 is 0. The minimum Gasteiger partial charge on any atom is -0.397 e. The SMILES string of the molecule is CCN(CCC#N)CCC(=O)Nc1c(N)cc(Cl)cc1Cl. The number of nitrogens with one attached hydrogen (secondary N) is 1. The van der Waals surface area contributed by atoms with Crippen LogP contribution in [0.4, 0.5) is 11.4 Å². The number of nitriles is 1. The first-order valence-electron chi connectivity index (χ1n) is 6.61. The summed E-state index contributed by atoms with van der Waals surface area (Å²) in [6.45, 7) is 4.02. The molecular weight excluding hydrogens is 311 g/mol. The quantitative estimate of drug-likeness (QED) is 0.753. The Hall–Kier alpha value is -1.48. The van der Waals surface area contributed by atoms with E-state index in [1.165, 1.54) is 12.1 Å². The summed E-state index contributed by atoms with van der Waals surface area (Å²) in [5.74, 6) is -0.179. The zero-order chi connectivity index (χ0) is 15.8. The van der Waals surface area contributed by atoms with Crippen LogP contribution in [0.2, 0.25) is 10.0 Å². The first-order chi connectivity index (χ1) is 9.97. The fraction of sp³-hybridized carbons (Fsp3) is 0.429. The molecular formula is C14H18Cl2N4O. The highest BCUT2D eigenvalue weighted by atomic mass is 35.5. The Bertz CT molecular complexity index is 519. The molecule has 5 nitrogen and oxygen atoms in total. The molecule has 0 aromatic heterocycles. The maximum Gasteiger partial charge on any atom is 0.225 e. The van der Waals surface area contributed by atoms with Crippen LogP contribution in [-0.4, -0.2) is 30.4 Å². The number of hydrogen-bond acceptors (Lipinski definition) is 4. The number of anilines is 2. The van der Waals surface area contributed by atoms with Crippen molar-refractivity contribution >= 4 is 40.5 Å². The highest BCUT2D eigenvalue weighted by molar-refractivity contribution is 6.37. The first kappa shape index (κ1) is 17.6. The molecule has 1 aromatic carbocycles. The predicted octanol–water partition coefficient (Wildman–Crippen LogP) is 3.14. The normalized spacial score (nSPS) is 10.4. The lowest BCUT2D eigenvalue weighted by Gasteiger charge is -2.18. The third-order valence-corrected chi connectivity index (χ3v) is 3.51. The number of carbonyl (C=O) groups excluding carboxylic acids is 1. The Morgan fingerprint density at radius 2 is 2.14 bits per heavy atom. The molecule has 0 aliphatic carbocycles. The van der Waals surface area contributed by atoms with Gasteiger partial charge in [0.15, 0.2) is 0 Å². The monoisotopic (exact) mass is 328 g/mol. The average Bonchev–Trinajstić information content (AvgIpc) is 2.43. The minimum atomic E-state index is -0.179. The largest absolute Gasteiger partial charge is 0.397 e. The number of rotatable bonds is 7. The number of nitrogens with two attached hydrogens (primary N) is 1. The van der Waals surface area contributed by atoms with Crippen molar-refractivity contribution in [2.75, 3.05) is 30.7 Å². The summed E-state index contributed by atoms with van der Waals surface area (Å²) in [6, 6.07) is 5.16. The van der Waals surface area contributed by atoms with Crippen LogP contribution in [0, 0.1) is 11.3 Å². The van der Waals surface area contributed by atoms with Gasteiger partial charge in [-0.05, 0) is 18.7 Å². The van der Waals surface area contributed by atoms with Crippen molar-refractivity contribution in [1.82, 2.24) is 4.90 Å². The van der Waals surface area contributed by atoms with Gasteiger partial charge in [0.25, 0.3) is 0 Å². The lowest BCUT2D eigenvalue weighted by molar-refractivity contribution is -0.116. The Balaban J connectivity index is 2.56. The van der Waals surface area contributed by atoms with Crippen molar-refractivity contribution in [1.29, 1.82) is 5.26 Å². The number of benzene rings is 1. The topological polar surface area (TPSA) is 82.2 Å². The molecule has 0 spiro atoms. The molecule has 3 N–H and O–H groups in total. The van der Waals surface area contributed by atoms with Gasteiger partial charge in [-0.3, -0.25) is 4.79 Å². The maximum absolute atomic E-state index is 11.9. The second-order valence-corrected chi connectivity index (χ2v) is 5.34. The van der Waals surface area contributed by atoms with Crippen molar-refractivity contribution < 1.29 is 4.79 Å². The number of amides is 1. The van der Waals surface area contributed by atoms with Crippen LogP contribution in [0.1, 0.15) is 19.8 Å². The standard InChI is InChI=1S/C14H18Cl2N4O/c1-2-20(6-3-5-17)7-4-13(21)19-14-11(16)8-10(15)9-12(14)18/h8-9H,2-4,6-7,18H2,1H3,(H,19,21). The van der Waals surface area contributed by atoms with Crippen molar-refractivity contribution in [2.45, 2.75) is 19.8 Å². The van der Waals surface area contributed by atoms with Crippen molar-refractivity contribution in [3.8, 4) is 6.07 Å². The lowest BCUT2D eigenvalue weighted by Crippen LogP contribution is -2.28. The highest BCUT2D eigenvalue weighted by Crippen LogP contribution is 2.32. The van der Waals surface area contributed by atoms with Crippen molar-refractivity contribution in [3.63, 3.8) is 0 Å². The van der Waals surface area contributed by atoms with E-state index in [0.29, 0.717) is 47.4 Å². The van der Waals surface area contributed by atoms with E-state index in [1.807, 2.05) is 11.8 Å². The summed E-state index contributed by atoms with van der Waals surface area (Å²) in [6.07, 6.45) is 0.753. The van der Waals surface area contributed by atoms with Crippen LogP contribution in [0.5, 0.6) is 0 Å². The highest BCUT2D eigenvalue weighted by Gasteiger charge is 2.12. The van der Waals surface area contributed by atoms with Gasteiger partial charge in [0.05, 0.1) is 22.5 Å². The first-order valence-corrected chi connectivity index (χ1v) is 7.37. The fourth-order valence-corrected chi connectivity index (χ4v) is 2.38. The molecule has 0 bridgehead atoms. The predicted molar refractivity (Wildman–Crippen MR) is 86.5 cm³/mol. The molecule has 0 atom stereocenters. The average molecular weight is 329 g/mol. The van der Waals surface area contributed by atoms with Gasteiger partial charge in [0.2, 0.25) is 5.91 Å². The Morgan fingerprint density at radius 1 is 1.43 bits per heavy atom. The molecule has 0 unspecified atom stereocenters. The second-order valence-electron chi connectivity index (χ2n) is 4.49.